The molecule has 0 atom stereocenters. The first-order valence-electron chi connectivity index (χ1n) is 9.12. The summed E-state index contributed by atoms with van der Waals surface area (Å²) in [6.07, 6.45) is 0.705. The second-order valence-corrected chi connectivity index (χ2v) is 6.27. The Labute approximate surface area is 159 Å². The highest BCUT2D eigenvalue weighted by Crippen LogP contribution is 2.19. The van der Waals surface area contributed by atoms with Crippen LogP contribution in [0.3, 0.4) is 0 Å². The Morgan fingerprint density at radius 3 is 2.56 bits per heavy atom. The lowest BCUT2D eigenvalue weighted by atomic mass is 10.1. The molecule has 27 heavy (non-hydrogen) atoms. The van der Waals surface area contributed by atoms with Crippen LogP contribution in [0.1, 0.15) is 39.2 Å². The molecule has 0 saturated heterocycles. The van der Waals surface area contributed by atoms with Gasteiger partial charge in [-0.05, 0) is 27.2 Å². The summed E-state index contributed by atoms with van der Waals surface area (Å²) in [4.78, 5) is 36.5. The molecule has 0 radical (unpaired) electrons. The first-order chi connectivity index (χ1) is 12.8. The van der Waals surface area contributed by atoms with Crippen molar-refractivity contribution in [2.75, 3.05) is 26.3 Å². The molecule has 1 rings (SSSR count). The monoisotopic (exact) mass is 380 g/mol. The van der Waals surface area contributed by atoms with Gasteiger partial charge in [-0.3, -0.25) is 19.7 Å². The predicted octanol–water partition coefficient (Wildman–Crippen LogP) is 2.73. The number of carbonyl (C=O) groups is 2. The summed E-state index contributed by atoms with van der Waals surface area (Å²) >= 11 is 0. The van der Waals surface area contributed by atoms with Gasteiger partial charge in [0.15, 0.2) is 0 Å². The van der Waals surface area contributed by atoms with E-state index >= 15 is 0 Å². The van der Waals surface area contributed by atoms with Crippen LogP contribution in [-0.2, 0) is 25.5 Å². The summed E-state index contributed by atoms with van der Waals surface area (Å²) in [7, 11) is 0. The van der Waals surface area contributed by atoms with E-state index in [0.29, 0.717) is 25.1 Å². The lowest BCUT2D eigenvalue weighted by molar-refractivity contribution is -0.385. The van der Waals surface area contributed by atoms with Crippen molar-refractivity contribution in [3.05, 3.63) is 39.9 Å². The molecule has 0 unspecified atom stereocenters. The molecule has 0 N–H and O–H groups in total. The maximum atomic E-state index is 12.7. The van der Waals surface area contributed by atoms with Gasteiger partial charge in [0, 0.05) is 31.3 Å². The van der Waals surface area contributed by atoms with Gasteiger partial charge in [-0.15, -0.1) is 0 Å². The topological polar surface area (TPSA) is 99.0 Å². The molecule has 0 bridgehead atoms. The van der Waals surface area contributed by atoms with Gasteiger partial charge in [-0.25, -0.2) is 0 Å². The van der Waals surface area contributed by atoms with E-state index in [1.165, 1.54) is 11.0 Å². The van der Waals surface area contributed by atoms with E-state index in [1.807, 2.05) is 13.8 Å². The van der Waals surface area contributed by atoms with Gasteiger partial charge in [0.2, 0.25) is 5.91 Å². The number of esters is 1. The molecule has 0 fully saturated rings. The highest BCUT2D eigenvalue weighted by molar-refractivity contribution is 5.80. The van der Waals surface area contributed by atoms with Crippen LogP contribution in [0.25, 0.3) is 0 Å². The molecule has 8 heteroatoms. The van der Waals surface area contributed by atoms with Crippen molar-refractivity contribution in [3.63, 3.8) is 0 Å². The third-order valence-corrected chi connectivity index (χ3v) is 3.80. The van der Waals surface area contributed by atoms with Crippen molar-refractivity contribution in [1.29, 1.82) is 0 Å². The zero-order valence-electron chi connectivity index (χ0n) is 16.2. The SMILES string of the molecule is CCOC(=O)CCN(CCCOC(C)C)C(=O)Cc1ccccc1[N+](=O)[O-]. The Bertz CT molecular complexity index is 632. The minimum atomic E-state index is -0.498. The molecule has 0 aliphatic rings. The summed E-state index contributed by atoms with van der Waals surface area (Å²) < 4.78 is 10.4. The van der Waals surface area contributed by atoms with E-state index in [4.69, 9.17) is 9.47 Å². The Morgan fingerprint density at radius 2 is 1.93 bits per heavy atom. The first kappa shape index (κ1) is 22.6. The molecule has 8 nitrogen and oxygen atoms in total. The molecule has 0 heterocycles. The van der Waals surface area contributed by atoms with Crippen molar-refractivity contribution < 1.29 is 24.0 Å². The van der Waals surface area contributed by atoms with Gasteiger partial charge in [-0.2, -0.15) is 0 Å². The van der Waals surface area contributed by atoms with Gasteiger partial charge in [0.1, 0.15) is 0 Å². The van der Waals surface area contributed by atoms with Gasteiger partial charge in [-0.1, -0.05) is 18.2 Å². The quantitative estimate of drug-likeness (QED) is 0.239. The lowest BCUT2D eigenvalue weighted by Crippen LogP contribution is -2.36. The zero-order chi connectivity index (χ0) is 20.2. The number of rotatable bonds is 12. The van der Waals surface area contributed by atoms with Crippen molar-refractivity contribution in [1.82, 2.24) is 4.90 Å². The molecule has 0 aromatic heterocycles. The number of nitro benzene ring substituents is 1. The standard InChI is InChI=1S/C19H28N2O6/c1-4-26-19(23)10-12-20(11-7-13-27-15(2)3)18(22)14-16-8-5-6-9-17(16)21(24)25/h5-6,8-9,15H,4,7,10-14H2,1-3H3. The number of hydrogen-bond donors (Lipinski definition) is 0. The lowest BCUT2D eigenvalue weighted by Gasteiger charge is -2.23. The highest BCUT2D eigenvalue weighted by Gasteiger charge is 2.20. The number of ether oxygens (including phenoxy) is 2. The number of benzene rings is 1. The van der Waals surface area contributed by atoms with Gasteiger partial charge in [0.25, 0.3) is 5.69 Å². The van der Waals surface area contributed by atoms with Crippen LogP contribution in [0.15, 0.2) is 24.3 Å². The molecule has 1 aromatic carbocycles. The molecule has 150 valence electrons. The summed E-state index contributed by atoms with van der Waals surface area (Å²) in [5, 5.41) is 11.1. The second kappa shape index (κ2) is 12.0. The van der Waals surface area contributed by atoms with Crippen LogP contribution in [-0.4, -0.2) is 54.1 Å². The van der Waals surface area contributed by atoms with Crippen LogP contribution in [0.4, 0.5) is 5.69 Å². The normalized spacial score (nSPS) is 10.7. The number of hydrogen-bond acceptors (Lipinski definition) is 6. The van der Waals surface area contributed by atoms with Crippen molar-refractivity contribution in [3.8, 4) is 0 Å². The molecule has 0 spiro atoms. The molecule has 1 amide bonds. The first-order valence-corrected chi connectivity index (χ1v) is 9.12. The van der Waals surface area contributed by atoms with E-state index in [2.05, 4.69) is 0 Å². The van der Waals surface area contributed by atoms with E-state index < -0.39 is 4.92 Å². The summed E-state index contributed by atoms with van der Waals surface area (Å²) in [5.74, 6) is -0.641. The Hall–Kier alpha value is -2.48. The average Bonchev–Trinajstić information content (AvgIpc) is 2.61. The molecule has 0 aliphatic heterocycles. The molecular weight excluding hydrogens is 352 g/mol. The minimum absolute atomic E-state index is 0.0840. The minimum Gasteiger partial charge on any atom is -0.466 e. The second-order valence-electron chi connectivity index (χ2n) is 6.27. The van der Waals surface area contributed by atoms with Crippen molar-refractivity contribution >= 4 is 17.6 Å². The van der Waals surface area contributed by atoms with Gasteiger partial charge < -0.3 is 14.4 Å². The van der Waals surface area contributed by atoms with Crippen LogP contribution < -0.4 is 0 Å². The average molecular weight is 380 g/mol. The molecule has 1 aromatic rings. The largest absolute Gasteiger partial charge is 0.466 e. The number of nitrogens with zero attached hydrogens (tertiary/aromatic N) is 2. The number of para-hydroxylation sites is 1. The van der Waals surface area contributed by atoms with Gasteiger partial charge >= 0.3 is 5.97 Å². The predicted molar refractivity (Wildman–Crippen MR) is 100 cm³/mol. The summed E-state index contributed by atoms with van der Waals surface area (Å²) in [6.45, 7) is 6.97. The van der Waals surface area contributed by atoms with Crippen molar-refractivity contribution in [2.45, 2.75) is 46.1 Å². The van der Waals surface area contributed by atoms with E-state index in [-0.39, 0.29) is 49.7 Å². The van der Waals surface area contributed by atoms with Crippen molar-refractivity contribution in [2.24, 2.45) is 0 Å². The fourth-order valence-electron chi connectivity index (χ4n) is 2.51. The van der Waals surface area contributed by atoms with Gasteiger partial charge in [0.05, 0.1) is 30.5 Å². The number of amides is 1. The summed E-state index contributed by atoms with van der Waals surface area (Å²) in [6, 6.07) is 6.17. The molecular formula is C19H28N2O6. The maximum absolute atomic E-state index is 12.7. The third-order valence-electron chi connectivity index (χ3n) is 3.80. The van der Waals surface area contributed by atoms with E-state index in [0.717, 1.165) is 0 Å². The summed E-state index contributed by atoms with van der Waals surface area (Å²) in [5.41, 5.74) is 0.270. The van der Waals surface area contributed by atoms with Crippen LogP contribution in [0.2, 0.25) is 0 Å². The molecule has 0 saturated carbocycles. The highest BCUT2D eigenvalue weighted by atomic mass is 16.6. The Morgan fingerprint density at radius 1 is 1.22 bits per heavy atom. The maximum Gasteiger partial charge on any atom is 0.307 e. The zero-order valence-corrected chi connectivity index (χ0v) is 16.2. The van der Waals surface area contributed by atoms with Crippen LogP contribution in [0.5, 0.6) is 0 Å². The van der Waals surface area contributed by atoms with Crippen LogP contribution >= 0.6 is 0 Å². The number of nitro groups is 1. The van der Waals surface area contributed by atoms with E-state index in [1.54, 1.807) is 25.1 Å². The Balaban J connectivity index is 2.75. The third kappa shape index (κ3) is 8.63. The molecule has 0 aliphatic carbocycles. The number of carbonyl (C=O) groups excluding carboxylic acids is 2. The van der Waals surface area contributed by atoms with E-state index in [9.17, 15) is 19.7 Å². The van der Waals surface area contributed by atoms with Crippen LogP contribution in [0, 0.1) is 10.1 Å². The fraction of sp³-hybridized carbons (Fsp3) is 0.579. The fourth-order valence-corrected chi connectivity index (χ4v) is 2.51. The smallest absolute Gasteiger partial charge is 0.307 e. The Kier molecular flexibility index (Phi) is 10.0.